The van der Waals surface area contributed by atoms with Gasteiger partial charge in [-0.1, -0.05) is 122 Å². The summed E-state index contributed by atoms with van der Waals surface area (Å²) in [5, 5.41) is 0.428. The van der Waals surface area contributed by atoms with E-state index < -0.39 is 0 Å². The lowest BCUT2D eigenvalue weighted by Gasteiger charge is -2.18. The van der Waals surface area contributed by atoms with Crippen molar-refractivity contribution in [2.45, 2.75) is 0 Å². The molecule has 11 heteroatoms. The summed E-state index contributed by atoms with van der Waals surface area (Å²) in [6.45, 7) is 0. The molecular weight excluding hydrogens is 573 g/mol. The number of benzene rings is 2. The van der Waals surface area contributed by atoms with Crippen LogP contribution in [0.15, 0.2) is 18.3 Å². The Bertz CT molecular complexity index is 979. The highest BCUT2D eigenvalue weighted by Gasteiger charge is 2.27. The van der Waals surface area contributed by atoms with Crippen molar-refractivity contribution in [1.82, 2.24) is 4.98 Å². The van der Waals surface area contributed by atoms with E-state index in [1.54, 1.807) is 12.1 Å². The first kappa shape index (κ1) is 23.2. The molecule has 0 N–H and O–H groups in total. The Hall–Kier alpha value is 0.490. The van der Waals surface area contributed by atoms with Crippen molar-refractivity contribution in [3.05, 3.63) is 68.6 Å². The minimum Gasteiger partial charge on any atom is -0.255 e. The maximum absolute atomic E-state index is 6.41. The third kappa shape index (κ3) is 3.78. The average molecular weight is 576 g/mol. The van der Waals surface area contributed by atoms with Crippen LogP contribution in [-0.4, -0.2) is 4.98 Å². The Labute approximate surface area is 210 Å². The molecule has 1 heterocycles. The highest BCUT2D eigenvalue weighted by atomic mass is 35.5. The first-order valence-electron chi connectivity index (χ1n) is 7.08. The Kier molecular flexibility index (Phi) is 7.38. The second-order valence-corrected chi connectivity index (χ2v) is 9.07. The van der Waals surface area contributed by atoms with Crippen molar-refractivity contribution in [1.29, 1.82) is 0 Å². The van der Waals surface area contributed by atoms with E-state index in [1.165, 1.54) is 6.20 Å². The predicted octanol–water partition coefficient (Wildman–Crippen LogP) is 10.9. The van der Waals surface area contributed by atoms with E-state index >= 15 is 0 Å². The molecule has 0 unspecified atom stereocenters. The van der Waals surface area contributed by atoms with E-state index in [-0.39, 0.29) is 61.5 Å². The van der Waals surface area contributed by atoms with Crippen molar-refractivity contribution < 1.29 is 0 Å². The second-order valence-electron chi connectivity index (χ2n) is 5.29. The monoisotopic (exact) mass is 571 g/mol. The zero-order valence-corrected chi connectivity index (χ0v) is 20.5. The number of halogens is 10. The van der Waals surface area contributed by atoms with E-state index in [1.807, 2.05) is 0 Å². The molecular formula is C17H3Cl10N. The van der Waals surface area contributed by atoms with E-state index in [9.17, 15) is 0 Å². The molecule has 0 saturated carbocycles. The molecule has 1 aromatic heterocycles. The largest absolute Gasteiger partial charge is 0.255 e. The van der Waals surface area contributed by atoms with Gasteiger partial charge in [-0.15, -0.1) is 0 Å². The van der Waals surface area contributed by atoms with Crippen LogP contribution >= 0.6 is 116 Å². The Morgan fingerprint density at radius 2 is 0.821 bits per heavy atom. The van der Waals surface area contributed by atoms with Gasteiger partial charge in [0.05, 0.1) is 55.9 Å². The normalized spacial score (nSPS) is 11.2. The fraction of sp³-hybridized carbons (Fsp3) is 0. The maximum Gasteiger partial charge on any atom is 0.0812 e. The molecule has 0 aliphatic carbocycles. The molecule has 0 bridgehead atoms. The van der Waals surface area contributed by atoms with Gasteiger partial charge in [-0.25, -0.2) is 0 Å². The molecule has 0 aliphatic rings. The van der Waals surface area contributed by atoms with Crippen LogP contribution in [0, 0.1) is 0 Å². The first-order valence-corrected chi connectivity index (χ1v) is 10.9. The standard InChI is InChI=1S/C17H3Cl10N/c18-7-5(8(19)12(23)15(26)11(7)22)4-2-1-3-28-17(4)6-9(20)13(24)16(27)14(25)10(6)21/h1-3H. The van der Waals surface area contributed by atoms with E-state index in [0.717, 1.165) is 0 Å². The maximum atomic E-state index is 6.41. The van der Waals surface area contributed by atoms with Gasteiger partial charge in [0.1, 0.15) is 0 Å². The van der Waals surface area contributed by atoms with Crippen LogP contribution in [0.5, 0.6) is 0 Å². The van der Waals surface area contributed by atoms with Crippen molar-refractivity contribution in [3.63, 3.8) is 0 Å². The minimum atomic E-state index is 0.0215. The molecule has 1 nitrogen and oxygen atoms in total. The van der Waals surface area contributed by atoms with Gasteiger partial charge in [0.25, 0.3) is 0 Å². The fourth-order valence-corrected chi connectivity index (χ4v) is 5.12. The Balaban J connectivity index is 2.46. The molecule has 3 aromatic rings. The van der Waals surface area contributed by atoms with Gasteiger partial charge in [0, 0.05) is 22.9 Å². The van der Waals surface area contributed by atoms with Crippen LogP contribution < -0.4 is 0 Å². The SMILES string of the molecule is Clc1c(Cl)c(Cl)c(-c2cccnc2-c2c(Cl)c(Cl)c(Cl)c(Cl)c2Cl)c(Cl)c1Cl. The van der Waals surface area contributed by atoms with E-state index in [2.05, 4.69) is 4.98 Å². The van der Waals surface area contributed by atoms with Gasteiger partial charge < -0.3 is 0 Å². The first-order chi connectivity index (χ1) is 13.1. The van der Waals surface area contributed by atoms with Crippen molar-refractivity contribution >= 4 is 116 Å². The summed E-state index contributed by atoms with van der Waals surface area (Å²) in [4.78, 5) is 4.36. The van der Waals surface area contributed by atoms with Gasteiger partial charge in [-0.3, -0.25) is 4.98 Å². The number of pyridine rings is 1. The molecule has 0 saturated heterocycles. The molecule has 146 valence electrons. The molecule has 0 atom stereocenters. The Morgan fingerprint density at radius 1 is 0.464 bits per heavy atom. The fourth-order valence-electron chi connectivity index (χ4n) is 2.46. The zero-order chi connectivity index (χ0) is 20.9. The third-order valence-corrected chi connectivity index (χ3v) is 8.29. The molecule has 0 spiro atoms. The topological polar surface area (TPSA) is 12.9 Å². The number of nitrogens with zero attached hydrogens (tertiary/aromatic N) is 1. The molecule has 28 heavy (non-hydrogen) atoms. The number of hydrogen-bond donors (Lipinski definition) is 0. The summed E-state index contributed by atoms with van der Waals surface area (Å²) in [5.41, 5.74) is 1.25. The number of aromatic nitrogens is 1. The van der Waals surface area contributed by atoms with Crippen molar-refractivity contribution in [3.8, 4) is 22.4 Å². The van der Waals surface area contributed by atoms with Crippen molar-refractivity contribution in [2.24, 2.45) is 0 Å². The van der Waals surface area contributed by atoms with E-state index in [0.29, 0.717) is 11.1 Å². The Morgan fingerprint density at radius 3 is 1.25 bits per heavy atom. The van der Waals surface area contributed by atoms with Crippen LogP contribution in [0.3, 0.4) is 0 Å². The zero-order valence-electron chi connectivity index (χ0n) is 13.0. The average Bonchev–Trinajstić information content (AvgIpc) is 2.69. The van der Waals surface area contributed by atoms with Crippen LogP contribution in [0.4, 0.5) is 0 Å². The molecule has 0 fully saturated rings. The van der Waals surface area contributed by atoms with Crippen LogP contribution in [0.25, 0.3) is 22.4 Å². The predicted molar refractivity (Wildman–Crippen MR) is 125 cm³/mol. The molecule has 2 aromatic carbocycles. The van der Waals surface area contributed by atoms with Crippen LogP contribution in [0.1, 0.15) is 0 Å². The van der Waals surface area contributed by atoms with Gasteiger partial charge in [0.2, 0.25) is 0 Å². The summed E-state index contributed by atoms with van der Waals surface area (Å²) >= 11 is 62.6. The van der Waals surface area contributed by atoms with E-state index in [4.69, 9.17) is 116 Å². The quantitative estimate of drug-likeness (QED) is 0.219. The second kappa shape index (κ2) is 8.93. The molecule has 0 radical (unpaired) electrons. The third-order valence-electron chi connectivity index (χ3n) is 3.73. The van der Waals surface area contributed by atoms with Crippen LogP contribution in [0.2, 0.25) is 50.2 Å². The van der Waals surface area contributed by atoms with Gasteiger partial charge in [-0.05, 0) is 6.07 Å². The number of hydrogen-bond acceptors (Lipinski definition) is 1. The summed E-state index contributed by atoms with van der Waals surface area (Å²) in [6.07, 6.45) is 1.52. The van der Waals surface area contributed by atoms with Gasteiger partial charge in [0.15, 0.2) is 0 Å². The summed E-state index contributed by atoms with van der Waals surface area (Å²) in [7, 11) is 0. The molecule has 0 aliphatic heterocycles. The highest BCUT2D eigenvalue weighted by Crippen LogP contribution is 2.53. The number of rotatable bonds is 2. The minimum absolute atomic E-state index is 0.0215. The summed E-state index contributed by atoms with van der Waals surface area (Å²) in [6, 6.07) is 3.34. The highest BCUT2D eigenvalue weighted by molar-refractivity contribution is 6.58. The lowest BCUT2D eigenvalue weighted by molar-refractivity contribution is 1.32. The van der Waals surface area contributed by atoms with Crippen LogP contribution in [-0.2, 0) is 0 Å². The lowest BCUT2D eigenvalue weighted by atomic mass is 9.99. The lowest BCUT2D eigenvalue weighted by Crippen LogP contribution is -1.95. The summed E-state index contributed by atoms with van der Waals surface area (Å²) in [5.74, 6) is 0. The van der Waals surface area contributed by atoms with Crippen molar-refractivity contribution in [2.75, 3.05) is 0 Å². The summed E-state index contributed by atoms with van der Waals surface area (Å²) < 4.78 is 0. The molecule has 3 rings (SSSR count). The van der Waals surface area contributed by atoms with Gasteiger partial charge >= 0.3 is 0 Å². The van der Waals surface area contributed by atoms with Gasteiger partial charge in [-0.2, -0.15) is 0 Å². The smallest absolute Gasteiger partial charge is 0.0812 e. The molecule has 0 amide bonds.